The molecule has 0 unspecified atom stereocenters. The molecule has 19 heavy (non-hydrogen) atoms. The second-order valence-corrected chi connectivity index (χ2v) is 5.00. The third-order valence-corrected chi connectivity index (χ3v) is 3.53. The van der Waals surface area contributed by atoms with E-state index in [1.807, 2.05) is 30.9 Å². The van der Waals surface area contributed by atoms with E-state index >= 15 is 0 Å². The molecule has 0 aromatic carbocycles. The molecule has 2 aromatic rings. The second-order valence-electron chi connectivity index (χ2n) is 4.59. The standard InChI is InChI=1S/C14H19ClN4/c1-5-12-9(2)18-19(10(12)3)14-13(15)6-11(7-16-4)8-17-14/h6,8,16H,5,7H2,1-4H3. The predicted molar refractivity (Wildman–Crippen MR) is 78.0 cm³/mol. The summed E-state index contributed by atoms with van der Waals surface area (Å²) in [5, 5.41) is 8.25. The quantitative estimate of drug-likeness (QED) is 0.935. The summed E-state index contributed by atoms with van der Waals surface area (Å²) in [4.78, 5) is 4.45. The number of aryl methyl sites for hydroxylation is 1. The maximum absolute atomic E-state index is 6.33. The first-order chi connectivity index (χ1) is 9.08. The summed E-state index contributed by atoms with van der Waals surface area (Å²) >= 11 is 6.33. The fourth-order valence-electron chi connectivity index (χ4n) is 2.32. The van der Waals surface area contributed by atoms with Gasteiger partial charge in [-0.15, -0.1) is 0 Å². The van der Waals surface area contributed by atoms with Crippen LogP contribution in [0.15, 0.2) is 12.3 Å². The van der Waals surface area contributed by atoms with Gasteiger partial charge in [-0.3, -0.25) is 0 Å². The Morgan fingerprint density at radius 2 is 2.11 bits per heavy atom. The lowest BCUT2D eigenvalue weighted by Crippen LogP contribution is -2.08. The van der Waals surface area contributed by atoms with E-state index in [1.165, 1.54) is 5.56 Å². The van der Waals surface area contributed by atoms with E-state index in [1.54, 1.807) is 0 Å². The highest BCUT2D eigenvalue weighted by atomic mass is 35.5. The van der Waals surface area contributed by atoms with Gasteiger partial charge < -0.3 is 5.32 Å². The SMILES string of the molecule is CCc1c(C)nn(-c2ncc(CNC)cc2Cl)c1C. The van der Waals surface area contributed by atoms with Crippen LogP contribution in [-0.4, -0.2) is 21.8 Å². The zero-order valence-electron chi connectivity index (χ0n) is 11.8. The molecule has 0 amide bonds. The number of pyridine rings is 1. The van der Waals surface area contributed by atoms with E-state index in [9.17, 15) is 0 Å². The summed E-state index contributed by atoms with van der Waals surface area (Å²) in [5.41, 5.74) is 4.47. The second kappa shape index (κ2) is 5.72. The van der Waals surface area contributed by atoms with Crippen LogP contribution in [0.4, 0.5) is 0 Å². The Kier molecular flexibility index (Phi) is 4.22. The lowest BCUT2D eigenvalue weighted by molar-refractivity contribution is 0.787. The Bertz CT molecular complexity index is 589. The van der Waals surface area contributed by atoms with Crippen molar-refractivity contribution < 1.29 is 0 Å². The summed E-state index contributed by atoms with van der Waals surface area (Å²) in [6.07, 6.45) is 2.80. The maximum atomic E-state index is 6.33. The molecule has 102 valence electrons. The van der Waals surface area contributed by atoms with Crippen LogP contribution in [0.25, 0.3) is 5.82 Å². The van der Waals surface area contributed by atoms with Crippen LogP contribution in [0.1, 0.15) is 29.4 Å². The summed E-state index contributed by atoms with van der Waals surface area (Å²) in [6.45, 7) is 6.96. The van der Waals surface area contributed by atoms with Crippen molar-refractivity contribution in [2.24, 2.45) is 0 Å². The molecule has 0 atom stereocenters. The van der Waals surface area contributed by atoms with Gasteiger partial charge in [-0.25, -0.2) is 9.67 Å². The molecule has 0 aliphatic carbocycles. The molecule has 0 fully saturated rings. The van der Waals surface area contributed by atoms with Crippen LogP contribution in [0.5, 0.6) is 0 Å². The molecular weight excluding hydrogens is 260 g/mol. The topological polar surface area (TPSA) is 42.7 Å². The fourth-order valence-corrected chi connectivity index (χ4v) is 2.59. The largest absolute Gasteiger partial charge is 0.316 e. The Morgan fingerprint density at radius 1 is 1.37 bits per heavy atom. The first-order valence-electron chi connectivity index (χ1n) is 6.43. The van der Waals surface area contributed by atoms with Crippen molar-refractivity contribution in [2.75, 3.05) is 7.05 Å². The van der Waals surface area contributed by atoms with Gasteiger partial charge in [0.1, 0.15) is 0 Å². The van der Waals surface area contributed by atoms with Gasteiger partial charge in [0.05, 0.1) is 10.7 Å². The van der Waals surface area contributed by atoms with Crippen molar-refractivity contribution in [1.29, 1.82) is 0 Å². The third-order valence-electron chi connectivity index (χ3n) is 3.25. The Morgan fingerprint density at radius 3 is 2.63 bits per heavy atom. The minimum absolute atomic E-state index is 0.626. The first kappa shape index (κ1) is 14.0. The number of hydrogen-bond acceptors (Lipinski definition) is 3. The molecule has 0 aliphatic heterocycles. The number of hydrogen-bond donors (Lipinski definition) is 1. The number of rotatable bonds is 4. The highest BCUT2D eigenvalue weighted by Crippen LogP contribution is 2.23. The molecule has 4 nitrogen and oxygen atoms in total. The van der Waals surface area contributed by atoms with E-state index < -0.39 is 0 Å². The average molecular weight is 279 g/mol. The van der Waals surface area contributed by atoms with Gasteiger partial charge >= 0.3 is 0 Å². The highest BCUT2D eigenvalue weighted by Gasteiger charge is 2.14. The van der Waals surface area contributed by atoms with E-state index in [2.05, 4.69) is 29.2 Å². The molecule has 0 radical (unpaired) electrons. The molecular formula is C14H19ClN4. The zero-order chi connectivity index (χ0) is 14.0. The van der Waals surface area contributed by atoms with Crippen LogP contribution in [0, 0.1) is 13.8 Å². The van der Waals surface area contributed by atoms with Crippen LogP contribution in [0.2, 0.25) is 5.02 Å². The van der Waals surface area contributed by atoms with Crippen molar-refractivity contribution in [2.45, 2.75) is 33.7 Å². The lowest BCUT2D eigenvalue weighted by Gasteiger charge is -2.08. The lowest BCUT2D eigenvalue weighted by atomic mass is 10.1. The molecule has 1 N–H and O–H groups in total. The summed E-state index contributed by atoms with van der Waals surface area (Å²) in [7, 11) is 1.90. The Labute approximate surface area is 118 Å². The van der Waals surface area contributed by atoms with Crippen LogP contribution >= 0.6 is 11.6 Å². The minimum atomic E-state index is 0.626. The van der Waals surface area contributed by atoms with Crippen LogP contribution in [0.3, 0.4) is 0 Å². The molecule has 0 spiro atoms. The normalized spacial score (nSPS) is 11.0. The van der Waals surface area contributed by atoms with Crippen molar-refractivity contribution in [3.63, 3.8) is 0 Å². The Hall–Kier alpha value is -1.39. The number of halogens is 1. The van der Waals surface area contributed by atoms with E-state index in [-0.39, 0.29) is 0 Å². The highest BCUT2D eigenvalue weighted by molar-refractivity contribution is 6.32. The molecule has 0 saturated carbocycles. The molecule has 0 aliphatic rings. The monoisotopic (exact) mass is 278 g/mol. The minimum Gasteiger partial charge on any atom is -0.316 e. The van der Waals surface area contributed by atoms with E-state index in [0.29, 0.717) is 10.8 Å². The summed E-state index contributed by atoms with van der Waals surface area (Å²) in [5.74, 6) is 0.696. The summed E-state index contributed by atoms with van der Waals surface area (Å²) < 4.78 is 1.83. The predicted octanol–water partition coefficient (Wildman–Crippen LogP) is 2.82. The van der Waals surface area contributed by atoms with Gasteiger partial charge in [0.25, 0.3) is 0 Å². The smallest absolute Gasteiger partial charge is 0.172 e. The van der Waals surface area contributed by atoms with Crippen molar-refractivity contribution >= 4 is 11.6 Å². The fraction of sp³-hybridized carbons (Fsp3) is 0.429. The van der Waals surface area contributed by atoms with Crippen molar-refractivity contribution in [3.8, 4) is 5.82 Å². The molecule has 2 rings (SSSR count). The molecule has 0 bridgehead atoms. The van der Waals surface area contributed by atoms with Gasteiger partial charge in [0.15, 0.2) is 5.82 Å². The number of aromatic nitrogens is 3. The van der Waals surface area contributed by atoms with Gasteiger partial charge in [0, 0.05) is 18.4 Å². The van der Waals surface area contributed by atoms with Gasteiger partial charge in [-0.1, -0.05) is 18.5 Å². The molecule has 5 heteroatoms. The van der Waals surface area contributed by atoms with Gasteiger partial charge in [-0.2, -0.15) is 5.10 Å². The van der Waals surface area contributed by atoms with Gasteiger partial charge in [0.2, 0.25) is 0 Å². The van der Waals surface area contributed by atoms with Crippen LogP contribution < -0.4 is 5.32 Å². The van der Waals surface area contributed by atoms with Crippen molar-refractivity contribution in [3.05, 3.63) is 39.8 Å². The molecule has 2 heterocycles. The average Bonchev–Trinajstić information content (AvgIpc) is 2.65. The molecule has 0 saturated heterocycles. The number of nitrogens with one attached hydrogen (secondary N) is 1. The van der Waals surface area contributed by atoms with E-state index in [0.717, 1.165) is 29.9 Å². The van der Waals surface area contributed by atoms with E-state index in [4.69, 9.17) is 11.6 Å². The Balaban J connectivity index is 2.47. The summed E-state index contributed by atoms with van der Waals surface area (Å²) in [6, 6.07) is 1.93. The number of nitrogens with zero attached hydrogens (tertiary/aromatic N) is 3. The first-order valence-corrected chi connectivity index (χ1v) is 6.80. The zero-order valence-corrected chi connectivity index (χ0v) is 12.5. The van der Waals surface area contributed by atoms with Gasteiger partial charge in [-0.05, 0) is 44.5 Å². The third kappa shape index (κ3) is 2.65. The maximum Gasteiger partial charge on any atom is 0.172 e. The van der Waals surface area contributed by atoms with Crippen molar-refractivity contribution in [1.82, 2.24) is 20.1 Å². The van der Waals surface area contributed by atoms with Crippen LogP contribution in [-0.2, 0) is 13.0 Å². The molecule has 2 aromatic heterocycles.